The summed E-state index contributed by atoms with van der Waals surface area (Å²) in [6.45, 7) is 5.41. The van der Waals surface area contributed by atoms with Gasteiger partial charge in [-0.1, -0.05) is 6.92 Å². The van der Waals surface area contributed by atoms with Gasteiger partial charge in [0.05, 0.1) is 0 Å². The lowest BCUT2D eigenvalue weighted by Gasteiger charge is -2.15. The van der Waals surface area contributed by atoms with Crippen LogP contribution in [-0.2, 0) is 13.0 Å². The number of aryl methyl sites for hydroxylation is 1. The third-order valence-electron chi connectivity index (χ3n) is 3.27. The number of likely N-dealkylation sites (tertiary alicyclic amines) is 1. The van der Waals surface area contributed by atoms with Gasteiger partial charge in [0.1, 0.15) is 5.82 Å². The number of rotatable bonds is 5. The van der Waals surface area contributed by atoms with Gasteiger partial charge in [-0.05, 0) is 25.3 Å². The maximum Gasteiger partial charge on any atom is 0.128 e. The minimum absolute atomic E-state index is 0.308. The molecule has 0 bridgehead atoms. The minimum atomic E-state index is 0.308. The average Bonchev–Trinajstić information content (AvgIpc) is 2.80. The molecule has 1 fully saturated rings. The van der Waals surface area contributed by atoms with Gasteiger partial charge in [-0.3, -0.25) is 4.90 Å². The van der Waals surface area contributed by atoms with Gasteiger partial charge in [-0.2, -0.15) is 0 Å². The number of hydrogen-bond donors (Lipinski definition) is 1. The van der Waals surface area contributed by atoms with E-state index in [1.165, 1.54) is 5.56 Å². The number of nitrogens with zero attached hydrogens (tertiary/aromatic N) is 3. The number of aromatic nitrogens is 2. The molecule has 4 heteroatoms. The standard InChI is InChI=1S/C13H21N3O/c1-2-3-13-14-6-12(7-15-13)9-16-5-4-11(8-16)10-17/h6-7,11,17H,2-5,8-10H2,1H3/t11-/m1/s1. The monoisotopic (exact) mass is 235 g/mol. The summed E-state index contributed by atoms with van der Waals surface area (Å²) in [5.74, 6) is 1.39. The highest BCUT2D eigenvalue weighted by atomic mass is 16.3. The van der Waals surface area contributed by atoms with Crippen LogP contribution < -0.4 is 0 Å². The van der Waals surface area contributed by atoms with E-state index in [-0.39, 0.29) is 0 Å². The van der Waals surface area contributed by atoms with Gasteiger partial charge in [-0.25, -0.2) is 9.97 Å². The normalized spacial score (nSPS) is 20.9. The summed E-state index contributed by atoms with van der Waals surface area (Å²) in [6.07, 6.45) is 7.01. The van der Waals surface area contributed by atoms with Crippen LogP contribution in [0.5, 0.6) is 0 Å². The number of hydrogen-bond acceptors (Lipinski definition) is 4. The van der Waals surface area contributed by atoms with Crippen molar-refractivity contribution < 1.29 is 5.11 Å². The van der Waals surface area contributed by atoms with E-state index < -0.39 is 0 Å². The fraction of sp³-hybridized carbons (Fsp3) is 0.692. The van der Waals surface area contributed by atoms with Crippen LogP contribution in [0.1, 0.15) is 31.2 Å². The summed E-state index contributed by atoms with van der Waals surface area (Å²) in [7, 11) is 0. The highest BCUT2D eigenvalue weighted by molar-refractivity contribution is 5.05. The van der Waals surface area contributed by atoms with E-state index in [1.54, 1.807) is 0 Å². The molecule has 2 rings (SSSR count). The predicted octanol–water partition coefficient (Wildman–Crippen LogP) is 1.24. The van der Waals surface area contributed by atoms with Crippen LogP contribution in [0.4, 0.5) is 0 Å². The molecule has 1 N–H and O–H groups in total. The van der Waals surface area contributed by atoms with Crippen molar-refractivity contribution in [2.75, 3.05) is 19.7 Å². The second kappa shape index (κ2) is 6.07. The molecule has 0 spiro atoms. The van der Waals surface area contributed by atoms with Crippen molar-refractivity contribution in [2.24, 2.45) is 5.92 Å². The molecule has 0 aliphatic carbocycles. The van der Waals surface area contributed by atoms with E-state index >= 15 is 0 Å². The van der Waals surface area contributed by atoms with Crippen LogP contribution in [-0.4, -0.2) is 39.7 Å². The maximum atomic E-state index is 9.09. The molecule has 1 saturated heterocycles. The lowest BCUT2D eigenvalue weighted by atomic mass is 10.1. The second-order valence-electron chi connectivity index (χ2n) is 4.83. The molecule has 94 valence electrons. The molecule has 1 aromatic rings. The Hall–Kier alpha value is -1.00. The first-order valence-corrected chi connectivity index (χ1v) is 6.44. The van der Waals surface area contributed by atoms with Crippen molar-refractivity contribution >= 4 is 0 Å². The van der Waals surface area contributed by atoms with Crippen molar-refractivity contribution in [2.45, 2.75) is 32.7 Å². The Bertz CT molecular complexity index is 339. The highest BCUT2D eigenvalue weighted by Gasteiger charge is 2.21. The zero-order valence-corrected chi connectivity index (χ0v) is 10.5. The van der Waals surface area contributed by atoms with E-state index in [0.717, 1.165) is 44.7 Å². The average molecular weight is 235 g/mol. The predicted molar refractivity (Wildman–Crippen MR) is 66.5 cm³/mol. The lowest BCUT2D eigenvalue weighted by Crippen LogP contribution is -2.21. The quantitative estimate of drug-likeness (QED) is 0.834. The highest BCUT2D eigenvalue weighted by Crippen LogP contribution is 2.17. The van der Waals surface area contributed by atoms with E-state index in [1.807, 2.05) is 12.4 Å². The fourth-order valence-electron chi connectivity index (χ4n) is 2.28. The van der Waals surface area contributed by atoms with Crippen LogP contribution in [0.25, 0.3) is 0 Å². The van der Waals surface area contributed by atoms with Gasteiger partial charge in [0, 0.05) is 44.1 Å². The van der Waals surface area contributed by atoms with Crippen LogP contribution in [0.3, 0.4) is 0 Å². The molecular formula is C13H21N3O. The molecule has 0 amide bonds. The Morgan fingerprint density at radius 2 is 2.18 bits per heavy atom. The summed E-state index contributed by atoms with van der Waals surface area (Å²) in [5, 5.41) is 9.09. The van der Waals surface area contributed by atoms with Gasteiger partial charge in [0.15, 0.2) is 0 Å². The van der Waals surface area contributed by atoms with Crippen molar-refractivity contribution in [3.8, 4) is 0 Å². The third-order valence-corrected chi connectivity index (χ3v) is 3.27. The largest absolute Gasteiger partial charge is 0.396 e. The van der Waals surface area contributed by atoms with Crippen LogP contribution in [0.15, 0.2) is 12.4 Å². The van der Waals surface area contributed by atoms with Gasteiger partial charge >= 0.3 is 0 Å². The summed E-state index contributed by atoms with van der Waals surface area (Å²) >= 11 is 0. The first-order valence-electron chi connectivity index (χ1n) is 6.44. The molecule has 0 aromatic carbocycles. The molecular weight excluding hydrogens is 214 g/mol. The SMILES string of the molecule is CCCc1ncc(CN2CC[C@@H](CO)C2)cn1. The van der Waals surface area contributed by atoms with Crippen LogP contribution in [0, 0.1) is 5.92 Å². The molecule has 1 aromatic heterocycles. The summed E-state index contributed by atoms with van der Waals surface area (Å²) < 4.78 is 0. The molecule has 4 nitrogen and oxygen atoms in total. The molecule has 1 aliphatic rings. The second-order valence-corrected chi connectivity index (χ2v) is 4.83. The zero-order chi connectivity index (χ0) is 12.1. The Morgan fingerprint density at radius 1 is 1.41 bits per heavy atom. The fourth-order valence-corrected chi connectivity index (χ4v) is 2.28. The van der Waals surface area contributed by atoms with Crippen molar-refractivity contribution in [1.29, 1.82) is 0 Å². The lowest BCUT2D eigenvalue weighted by molar-refractivity contribution is 0.220. The number of aliphatic hydroxyl groups excluding tert-OH is 1. The minimum Gasteiger partial charge on any atom is -0.396 e. The van der Waals surface area contributed by atoms with Crippen LogP contribution >= 0.6 is 0 Å². The molecule has 0 radical (unpaired) electrons. The van der Waals surface area contributed by atoms with Gasteiger partial charge < -0.3 is 5.11 Å². The van der Waals surface area contributed by atoms with Gasteiger partial charge in [0.25, 0.3) is 0 Å². The summed E-state index contributed by atoms with van der Waals surface area (Å²) in [4.78, 5) is 11.1. The third kappa shape index (κ3) is 3.48. The molecule has 1 atom stereocenters. The van der Waals surface area contributed by atoms with E-state index in [2.05, 4.69) is 21.8 Å². The summed E-state index contributed by atoms with van der Waals surface area (Å²) in [6, 6.07) is 0. The Labute approximate surface area is 103 Å². The van der Waals surface area contributed by atoms with Crippen molar-refractivity contribution in [3.05, 3.63) is 23.8 Å². The Morgan fingerprint density at radius 3 is 2.76 bits per heavy atom. The molecule has 1 aliphatic heterocycles. The molecule has 2 heterocycles. The van der Waals surface area contributed by atoms with Crippen LogP contribution in [0.2, 0.25) is 0 Å². The molecule has 17 heavy (non-hydrogen) atoms. The number of aliphatic hydroxyl groups is 1. The van der Waals surface area contributed by atoms with E-state index in [4.69, 9.17) is 5.11 Å². The van der Waals surface area contributed by atoms with Gasteiger partial charge in [0.2, 0.25) is 0 Å². The summed E-state index contributed by atoms with van der Waals surface area (Å²) in [5.41, 5.74) is 1.17. The zero-order valence-electron chi connectivity index (χ0n) is 10.5. The topological polar surface area (TPSA) is 49.2 Å². The van der Waals surface area contributed by atoms with Crippen molar-refractivity contribution in [3.63, 3.8) is 0 Å². The Balaban J connectivity index is 1.86. The van der Waals surface area contributed by atoms with E-state index in [0.29, 0.717) is 12.5 Å². The smallest absolute Gasteiger partial charge is 0.128 e. The van der Waals surface area contributed by atoms with E-state index in [9.17, 15) is 0 Å². The molecule has 0 unspecified atom stereocenters. The Kier molecular flexibility index (Phi) is 4.45. The molecule has 0 saturated carbocycles. The maximum absolute atomic E-state index is 9.09. The first-order chi connectivity index (χ1) is 8.31. The first kappa shape index (κ1) is 12.5. The van der Waals surface area contributed by atoms with Crippen molar-refractivity contribution in [1.82, 2.24) is 14.9 Å². The van der Waals surface area contributed by atoms with Gasteiger partial charge in [-0.15, -0.1) is 0 Å².